The molecule has 3 aromatic rings. The molecule has 1 N–H and O–H groups in total. The van der Waals surface area contributed by atoms with Gasteiger partial charge >= 0.3 is 0 Å². The predicted octanol–water partition coefficient (Wildman–Crippen LogP) is 5.18. The molecular formula is C24H30N2O3S. The molecule has 30 heavy (non-hydrogen) atoms. The number of aromatic nitrogens is 1. The third-order valence-electron chi connectivity index (χ3n) is 6.26. The van der Waals surface area contributed by atoms with Gasteiger partial charge in [-0.25, -0.2) is 8.42 Å². The molecule has 1 saturated heterocycles. The van der Waals surface area contributed by atoms with E-state index in [1.165, 1.54) is 19.3 Å². The van der Waals surface area contributed by atoms with Crippen LogP contribution >= 0.6 is 0 Å². The lowest BCUT2D eigenvalue weighted by Gasteiger charge is -2.31. The van der Waals surface area contributed by atoms with E-state index >= 15 is 0 Å². The molecule has 1 aromatic heterocycles. The molecular weight excluding hydrogens is 396 g/mol. The SMILES string of the molecule is CCS(=O)(=O)c1cc(-c2ccc(C(C)N3CCCCC3)[nH]2)c(OC)c2ccccc12. The molecule has 1 aliphatic rings. The molecule has 6 heteroatoms. The van der Waals surface area contributed by atoms with E-state index in [1.807, 2.05) is 30.3 Å². The molecule has 0 radical (unpaired) electrons. The lowest BCUT2D eigenvalue weighted by Crippen LogP contribution is -2.32. The monoisotopic (exact) mass is 426 g/mol. The topological polar surface area (TPSA) is 62.4 Å². The number of ether oxygens (including phenoxy) is 1. The smallest absolute Gasteiger partial charge is 0.178 e. The van der Waals surface area contributed by atoms with Gasteiger partial charge in [0.15, 0.2) is 9.84 Å². The van der Waals surface area contributed by atoms with E-state index in [1.54, 1.807) is 20.1 Å². The van der Waals surface area contributed by atoms with Crippen LogP contribution in [0.25, 0.3) is 22.0 Å². The van der Waals surface area contributed by atoms with Crippen LogP contribution < -0.4 is 4.74 Å². The summed E-state index contributed by atoms with van der Waals surface area (Å²) in [6.45, 7) is 6.15. The fourth-order valence-electron chi connectivity index (χ4n) is 4.46. The molecule has 160 valence electrons. The first-order valence-electron chi connectivity index (χ1n) is 10.7. The second-order valence-corrected chi connectivity index (χ2v) is 10.3. The summed E-state index contributed by atoms with van der Waals surface area (Å²) < 4.78 is 31.5. The number of hydrogen-bond donors (Lipinski definition) is 1. The Balaban J connectivity index is 1.84. The Labute approximate surface area is 179 Å². The minimum atomic E-state index is -3.38. The summed E-state index contributed by atoms with van der Waals surface area (Å²) in [4.78, 5) is 6.41. The van der Waals surface area contributed by atoms with Gasteiger partial charge in [0.1, 0.15) is 5.75 Å². The molecule has 0 spiro atoms. The zero-order valence-electron chi connectivity index (χ0n) is 17.9. The minimum absolute atomic E-state index is 0.0603. The van der Waals surface area contributed by atoms with Crippen LogP contribution in [0.3, 0.4) is 0 Å². The van der Waals surface area contributed by atoms with Crippen LogP contribution in [0.15, 0.2) is 47.4 Å². The van der Waals surface area contributed by atoms with Crippen LogP contribution in [0.1, 0.15) is 44.8 Å². The third kappa shape index (κ3) is 3.74. The fourth-order valence-corrected chi connectivity index (χ4v) is 5.58. The maximum atomic E-state index is 12.9. The number of benzene rings is 2. The quantitative estimate of drug-likeness (QED) is 0.590. The molecule has 2 aromatic carbocycles. The summed E-state index contributed by atoms with van der Waals surface area (Å²) in [5.41, 5.74) is 2.80. The molecule has 1 fully saturated rings. The first kappa shape index (κ1) is 20.9. The van der Waals surface area contributed by atoms with Crippen molar-refractivity contribution in [3.05, 3.63) is 48.2 Å². The van der Waals surface area contributed by atoms with Crippen molar-refractivity contribution >= 4 is 20.6 Å². The van der Waals surface area contributed by atoms with Gasteiger partial charge in [0.2, 0.25) is 0 Å². The van der Waals surface area contributed by atoms with E-state index < -0.39 is 9.84 Å². The zero-order valence-corrected chi connectivity index (χ0v) is 18.8. The number of nitrogens with zero attached hydrogens (tertiary/aromatic N) is 1. The summed E-state index contributed by atoms with van der Waals surface area (Å²) in [7, 11) is -1.75. The van der Waals surface area contributed by atoms with Gasteiger partial charge in [-0.2, -0.15) is 0 Å². The number of sulfone groups is 1. The summed E-state index contributed by atoms with van der Waals surface area (Å²) >= 11 is 0. The van der Waals surface area contributed by atoms with Crippen molar-refractivity contribution in [1.29, 1.82) is 0 Å². The normalized spacial score (nSPS) is 16.6. The molecule has 0 aliphatic carbocycles. The van der Waals surface area contributed by atoms with Gasteiger partial charge in [-0.1, -0.05) is 37.6 Å². The average molecular weight is 427 g/mol. The molecule has 0 bridgehead atoms. The van der Waals surface area contributed by atoms with Crippen molar-refractivity contribution in [2.45, 2.75) is 44.0 Å². The lowest BCUT2D eigenvalue weighted by molar-refractivity contribution is 0.172. The zero-order chi connectivity index (χ0) is 21.3. The van der Waals surface area contributed by atoms with Gasteiger partial charge in [0.05, 0.1) is 17.8 Å². The Kier molecular flexibility index (Phi) is 5.89. The molecule has 5 nitrogen and oxygen atoms in total. The Morgan fingerprint density at radius 3 is 2.43 bits per heavy atom. The summed E-state index contributed by atoms with van der Waals surface area (Å²) in [6.07, 6.45) is 3.80. The fraction of sp³-hybridized carbons (Fsp3) is 0.417. The number of rotatable bonds is 6. The van der Waals surface area contributed by atoms with Crippen LogP contribution in [0, 0.1) is 0 Å². The maximum absolute atomic E-state index is 12.9. The third-order valence-corrected chi connectivity index (χ3v) is 8.03. The Morgan fingerprint density at radius 1 is 1.07 bits per heavy atom. The highest BCUT2D eigenvalue weighted by atomic mass is 32.2. The van der Waals surface area contributed by atoms with E-state index in [9.17, 15) is 8.42 Å². The highest BCUT2D eigenvalue weighted by Gasteiger charge is 2.23. The van der Waals surface area contributed by atoms with Crippen LogP contribution in [0.5, 0.6) is 5.75 Å². The van der Waals surface area contributed by atoms with Gasteiger partial charge in [-0.15, -0.1) is 0 Å². The standard InChI is InChI=1S/C24H30N2O3S/c1-4-30(27,28)23-16-20(24(29-3)19-11-7-6-10-18(19)23)22-13-12-21(25-22)17(2)26-14-8-5-9-15-26/h6-7,10-13,16-17,25H,4-5,8-9,14-15H2,1-3H3. The van der Waals surface area contributed by atoms with E-state index in [0.717, 1.165) is 35.4 Å². The van der Waals surface area contributed by atoms with Crippen LogP contribution in [0.2, 0.25) is 0 Å². The Hall–Kier alpha value is -2.31. The van der Waals surface area contributed by atoms with Crippen molar-refractivity contribution in [2.24, 2.45) is 0 Å². The van der Waals surface area contributed by atoms with Gasteiger partial charge in [0.25, 0.3) is 0 Å². The first-order valence-corrected chi connectivity index (χ1v) is 12.4. The Morgan fingerprint density at radius 2 is 1.77 bits per heavy atom. The van der Waals surface area contributed by atoms with Crippen LogP contribution in [-0.4, -0.2) is 44.3 Å². The average Bonchev–Trinajstić information content (AvgIpc) is 3.28. The van der Waals surface area contributed by atoms with Crippen molar-refractivity contribution in [2.75, 3.05) is 26.0 Å². The van der Waals surface area contributed by atoms with Crippen LogP contribution in [0.4, 0.5) is 0 Å². The molecule has 4 rings (SSSR count). The largest absolute Gasteiger partial charge is 0.495 e. The highest BCUT2D eigenvalue weighted by molar-refractivity contribution is 7.91. The summed E-state index contributed by atoms with van der Waals surface area (Å²) in [5, 5.41) is 1.51. The molecule has 2 heterocycles. The number of likely N-dealkylation sites (tertiary alicyclic amines) is 1. The van der Waals surface area contributed by atoms with Crippen molar-refractivity contribution in [3.63, 3.8) is 0 Å². The van der Waals surface area contributed by atoms with Crippen molar-refractivity contribution in [1.82, 2.24) is 9.88 Å². The Bertz CT molecular complexity index is 1140. The number of methoxy groups -OCH3 is 1. The number of nitrogens with one attached hydrogen (secondary N) is 1. The first-order chi connectivity index (χ1) is 14.5. The summed E-state index contributed by atoms with van der Waals surface area (Å²) in [5.74, 6) is 0.754. The number of piperidine rings is 1. The molecule has 1 atom stereocenters. The molecule has 1 aliphatic heterocycles. The lowest BCUT2D eigenvalue weighted by atomic mass is 10.0. The predicted molar refractivity (Wildman–Crippen MR) is 122 cm³/mol. The number of H-pyrrole nitrogens is 1. The van der Waals surface area contributed by atoms with Crippen molar-refractivity contribution < 1.29 is 13.2 Å². The second kappa shape index (κ2) is 8.44. The van der Waals surface area contributed by atoms with Crippen LogP contribution in [-0.2, 0) is 9.84 Å². The second-order valence-electron chi connectivity index (χ2n) is 8.00. The van der Waals surface area contributed by atoms with E-state index in [0.29, 0.717) is 22.1 Å². The number of fused-ring (bicyclic) bond motifs is 1. The summed E-state index contributed by atoms with van der Waals surface area (Å²) in [6, 6.07) is 13.8. The maximum Gasteiger partial charge on any atom is 0.178 e. The van der Waals surface area contributed by atoms with E-state index in [2.05, 4.69) is 22.9 Å². The van der Waals surface area contributed by atoms with Gasteiger partial charge in [0, 0.05) is 33.8 Å². The highest BCUT2D eigenvalue weighted by Crippen LogP contribution is 2.41. The molecule has 0 saturated carbocycles. The van der Waals surface area contributed by atoms with Gasteiger partial charge in [-0.05, 0) is 51.1 Å². The van der Waals surface area contributed by atoms with Gasteiger partial charge < -0.3 is 9.72 Å². The van der Waals surface area contributed by atoms with E-state index in [-0.39, 0.29) is 5.75 Å². The minimum Gasteiger partial charge on any atom is -0.495 e. The molecule has 1 unspecified atom stereocenters. The number of aromatic amines is 1. The van der Waals surface area contributed by atoms with E-state index in [4.69, 9.17) is 4.74 Å². The molecule has 0 amide bonds. The number of hydrogen-bond acceptors (Lipinski definition) is 4. The van der Waals surface area contributed by atoms with Gasteiger partial charge in [-0.3, -0.25) is 4.90 Å². The van der Waals surface area contributed by atoms with Crippen molar-refractivity contribution in [3.8, 4) is 17.0 Å².